The highest BCUT2D eigenvalue weighted by Gasteiger charge is 2.58. The van der Waals surface area contributed by atoms with E-state index in [-0.39, 0.29) is 39.2 Å². The van der Waals surface area contributed by atoms with Crippen molar-refractivity contribution in [3.8, 4) is 0 Å². The van der Waals surface area contributed by atoms with Crippen LogP contribution in [0.2, 0.25) is 5.02 Å². The Morgan fingerprint density at radius 1 is 0.818 bits per heavy atom. The third kappa shape index (κ3) is 6.79. The number of rotatable bonds is 14. The van der Waals surface area contributed by atoms with E-state index in [9.17, 15) is 21.6 Å². The quantitative estimate of drug-likeness (QED) is 0.140. The van der Waals surface area contributed by atoms with E-state index >= 15 is 4.57 Å². The average Bonchev–Trinajstić information content (AvgIpc) is 2.99. The van der Waals surface area contributed by atoms with Crippen LogP contribution in [0.1, 0.15) is 61.0 Å². The van der Waals surface area contributed by atoms with Gasteiger partial charge in [-0.05, 0) is 62.2 Å². The van der Waals surface area contributed by atoms with Gasteiger partial charge in [0.15, 0.2) is 5.28 Å². The maximum Gasteiger partial charge on any atom is 0.360 e. The van der Waals surface area contributed by atoms with Gasteiger partial charge in [-0.25, -0.2) is 16.8 Å². The van der Waals surface area contributed by atoms with Crippen LogP contribution in [0, 0.1) is 6.92 Å². The fraction of sp³-hybridized carbons (Fsp3) is 0.323. The van der Waals surface area contributed by atoms with Gasteiger partial charge in [-0.1, -0.05) is 80.3 Å². The maximum atomic E-state index is 15.2. The van der Waals surface area contributed by atoms with Crippen molar-refractivity contribution in [2.75, 3.05) is 13.2 Å². The number of benzene rings is 3. The fourth-order valence-electron chi connectivity index (χ4n) is 4.67. The van der Waals surface area contributed by atoms with Gasteiger partial charge in [0, 0.05) is 16.1 Å². The number of ketones is 1. The number of sulfone groups is 1. The summed E-state index contributed by atoms with van der Waals surface area (Å²) in [5.41, 5.74) is 0.597. The zero-order valence-corrected chi connectivity index (χ0v) is 27.9. The van der Waals surface area contributed by atoms with Crippen molar-refractivity contribution < 1.29 is 35.2 Å². The van der Waals surface area contributed by atoms with E-state index < -0.39 is 43.4 Å². The van der Waals surface area contributed by atoms with Crippen LogP contribution in [0.4, 0.5) is 0 Å². The number of fused-ring (bicyclic) bond motifs is 1. The first-order valence-corrected chi connectivity index (χ1v) is 19.1. The maximum absolute atomic E-state index is 15.2. The van der Waals surface area contributed by atoms with Crippen LogP contribution >= 0.6 is 19.2 Å². The van der Waals surface area contributed by atoms with E-state index in [0.29, 0.717) is 25.7 Å². The van der Waals surface area contributed by atoms with Crippen LogP contribution in [-0.4, -0.2) is 35.8 Å². The number of aryl methyl sites for hydroxylation is 1. The number of unbranched alkanes of at least 4 members (excludes halogenated alkanes) is 2. The lowest BCUT2D eigenvalue weighted by molar-refractivity contribution is 0.103. The third-order valence-corrected chi connectivity index (χ3v) is 13.2. The van der Waals surface area contributed by atoms with E-state index in [0.717, 1.165) is 11.6 Å². The zero-order chi connectivity index (χ0) is 32.2. The van der Waals surface area contributed by atoms with E-state index in [1.54, 1.807) is 19.1 Å². The molecular weight excluding hydrogens is 645 g/mol. The van der Waals surface area contributed by atoms with Crippen LogP contribution in [0.3, 0.4) is 0 Å². The van der Waals surface area contributed by atoms with Gasteiger partial charge < -0.3 is 9.05 Å². The normalized spacial score (nSPS) is 17.3. The molecule has 0 spiro atoms. The summed E-state index contributed by atoms with van der Waals surface area (Å²) in [5.74, 6) is -0.894. The Hall–Kier alpha value is -2.63. The summed E-state index contributed by atoms with van der Waals surface area (Å²) in [6.07, 6.45) is 3.15. The number of halogens is 1. The smallest absolute Gasteiger partial charge is 0.307 e. The Kier molecular flexibility index (Phi) is 10.7. The minimum atomic E-state index is -4.68. The third-order valence-electron chi connectivity index (χ3n) is 7.13. The summed E-state index contributed by atoms with van der Waals surface area (Å²) in [6.45, 7) is 5.44. The minimum absolute atomic E-state index is 0.0490. The van der Waals surface area contributed by atoms with Crippen LogP contribution < -0.4 is 4.72 Å². The predicted molar refractivity (Wildman–Crippen MR) is 170 cm³/mol. The molecule has 1 aliphatic rings. The Balaban J connectivity index is 2.08. The van der Waals surface area contributed by atoms with E-state index in [4.69, 9.17) is 20.6 Å². The molecule has 1 aliphatic carbocycles. The first kappa shape index (κ1) is 34.2. The second kappa shape index (κ2) is 13.8. The van der Waals surface area contributed by atoms with E-state index in [2.05, 4.69) is 4.72 Å². The molecule has 0 aliphatic heterocycles. The van der Waals surface area contributed by atoms with Gasteiger partial charge in [-0.3, -0.25) is 9.36 Å². The molecule has 0 fully saturated rings. The molecular formula is C31H35ClNO8PS2. The molecule has 1 unspecified atom stereocenters. The molecule has 0 saturated carbocycles. The van der Waals surface area contributed by atoms with Gasteiger partial charge >= 0.3 is 7.60 Å². The molecule has 3 aromatic carbocycles. The predicted octanol–water partition coefficient (Wildman–Crippen LogP) is 7.16. The summed E-state index contributed by atoms with van der Waals surface area (Å²) < 4.78 is 85.9. The summed E-state index contributed by atoms with van der Waals surface area (Å²) in [4.78, 5) is 12.7. The Bertz CT molecular complexity index is 1790. The highest BCUT2D eigenvalue weighted by molar-refractivity contribution is 7.96. The summed E-state index contributed by atoms with van der Waals surface area (Å²) in [5, 5.41) is -2.16. The molecule has 236 valence electrons. The lowest BCUT2D eigenvalue weighted by Crippen LogP contribution is -2.48. The second-order valence-electron chi connectivity index (χ2n) is 10.4. The number of allylic oxidation sites excluding steroid dienone is 1. The van der Waals surface area contributed by atoms with Gasteiger partial charge in [0.25, 0.3) is 0 Å². The molecule has 4 rings (SSSR count). The first-order chi connectivity index (χ1) is 20.8. The number of hydrogen-bond donors (Lipinski definition) is 1. The van der Waals surface area contributed by atoms with Crippen molar-refractivity contribution in [2.24, 2.45) is 0 Å². The fourth-order valence-corrected chi connectivity index (χ4v) is 10.3. The van der Waals surface area contributed by atoms with E-state index in [1.165, 1.54) is 60.7 Å². The monoisotopic (exact) mass is 679 g/mol. The molecule has 13 heteroatoms. The lowest BCUT2D eigenvalue weighted by atomic mass is 9.92. The number of hydrogen-bond acceptors (Lipinski definition) is 8. The molecule has 3 aromatic rings. The molecule has 0 bridgehead atoms. The van der Waals surface area contributed by atoms with Crippen molar-refractivity contribution in [3.05, 3.63) is 105 Å². The molecule has 44 heavy (non-hydrogen) atoms. The SMILES string of the molecule is CCCCOP(=O)(OCCCC)C1(NS(=O)(=O)c2ccc(C)cc2)C=C(S(=O)(=O)c2ccc(Cl)cc2)C(=O)c2ccccc21. The molecule has 0 radical (unpaired) electrons. The van der Waals surface area contributed by atoms with Crippen molar-refractivity contribution >= 4 is 44.8 Å². The highest BCUT2D eigenvalue weighted by Crippen LogP contribution is 2.67. The number of Topliss-reactive ketones (excluding diaryl/α,β-unsaturated/α-hetero) is 1. The standard InChI is InChI=1S/C31H35ClNO8PS2/c1-4-6-20-40-42(35,41-21-7-5-2)31(33-44(38,39)26-16-12-23(3)13-17-26)22-29(30(34)27-10-8-9-11-28(27)31)43(36,37)25-18-14-24(32)15-19-25/h8-19,22,33H,4-7,20-21H2,1-3H3. The molecule has 1 N–H and O–H groups in total. The Morgan fingerprint density at radius 2 is 1.36 bits per heavy atom. The van der Waals surface area contributed by atoms with Gasteiger partial charge in [0.1, 0.15) is 4.91 Å². The molecule has 0 heterocycles. The van der Waals surface area contributed by atoms with Crippen LogP contribution in [0.25, 0.3) is 0 Å². The van der Waals surface area contributed by atoms with Crippen molar-refractivity contribution in [2.45, 2.75) is 61.5 Å². The van der Waals surface area contributed by atoms with Gasteiger partial charge in [0.2, 0.25) is 25.6 Å². The lowest BCUT2D eigenvalue weighted by Gasteiger charge is -2.40. The molecule has 0 saturated heterocycles. The largest absolute Gasteiger partial charge is 0.360 e. The topological polar surface area (TPSA) is 133 Å². The first-order valence-electron chi connectivity index (χ1n) is 14.2. The molecule has 0 aromatic heterocycles. The molecule has 1 atom stereocenters. The Labute approximate surface area is 264 Å². The molecule has 0 amide bonds. The van der Waals surface area contributed by atoms with E-state index in [1.807, 2.05) is 13.8 Å². The van der Waals surface area contributed by atoms with Crippen LogP contribution in [0.15, 0.2) is 93.6 Å². The van der Waals surface area contributed by atoms with Crippen molar-refractivity contribution in [1.82, 2.24) is 4.72 Å². The number of carbonyl (C=O) groups is 1. The molecule has 9 nitrogen and oxygen atoms in total. The summed E-state index contributed by atoms with van der Waals surface area (Å²) >= 11 is 5.99. The van der Waals surface area contributed by atoms with Crippen LogP contribution in [0.5, 0.6) is 0 Å². The van der Waals surface area contributed by atoms with Crippen LogP contribution in [-0.2, 0) is 38.8 Å². The van der Waals surface area contributed by atoms with Crippen molar-refractivity contribution in [1.29, 1.82) is 0 Å². The second-order valence-corrected chi connectivity index (χ2v) is 16.7. The van der Waals surface area contributed by atoms with Gasteiger partial charge in [-0.15, -0.1) is 0 Å². The number of sulfonamides is 1. The summed E-state index contributed by atoms with van der Waals surface area (Å²) in [7, 11) is -13.8. The highest BCUT2D eigenvalue weighted by atomic mass is 35.5. The summed E-state index contributed by atoms with van der Waals surface area (Å²) in [6, 6.07) is 17.0. The average molecular weight is 680 g/mol. The van der Waals surface area contributed by atoms with Gasteiger partial charge in [0.05, 0.1) is 23.0 Å². The zero-order valence-electron chi connectivity index (χ0n) is 24.7. The van der Waals surface area contributed by atoms with Gasteiger partial charge in [-0.2, -0.15) is 4.72 Å². The number of nitrogens with one attached hydrogen (secondary N) is 1. The van der Waals surface area contributed by atoms with Crippen molar-refractivity contribution in [3.63, 3.8) is 0 Å². The number of carbonyl (C=O) groups excluding carboxylic acids is 1. The Morgan fingerprint density at radius 3 is 1.93 bits per heavy atom. The minimum Gasteiger partial charge on any atom is -0.307 e.